The highest BCUT2D eigenvalue weighted by Crippen LogP contribution is 2.27. The average Bonchev–Trinajstić information content (AvgIpc) is 2.12. The Labute approximate surface area is 84.1 Å². The van der Waals surface area contributed by atoms with Crippen molar-refractivity contribution in [2.75, 3.05) is 5.73 Å². The Morgan fingerprint density at radius 1 is 1.69 bits per heavy atom. The number of carbonyl (C=O) groups is 1. The molecule has 0 aliphatic carbocycles. The summed E-state index contributed by atoms with van der Waals surface area (Å²) in [7, 11) is 0. The summed E-state index contributed by atoms with van der Waals surface area (Å²) < 4.78 is 13.5. The molecule has 0 unspecified atom stereocenters. The minimum absolute atomic E-state index is 0.0637. The molecule has 0 amide bonds. The lowest BCUT2D eigenvalue weighted by Gasteiger charge is -2.07. The molecule has 4 heteroatoms. The first-order chi connectivity index (χ1) is 6.11. The second-order valence-electron chi connectivity index (χ2n) is 2.63. The number of benzene rings is 1. The van der Waals surface area contributed by atoms with E-state index < -0.39 is 5.82 Å². The molecule has 1 rings (SSSR count). The van der Waals surface area contributed by atoms with E-state index in [0.717, 1.165) is 5.56 Å². The molecule has 0 bridgehead atoms. The highest BCUT2D eigenvalue weighted by molar-refractivity contribution is 9.10. The fourth-order valence-corrected chi connectivity index (χ4v) is 1.61. The summed E-state index contributed by atoms with van der Waals surface area (Å²) in [5.74, 6) is -0.593. The Hall–Kier alpha value is -0.900. The molecule has 0 aromatic heterocycles. The number of nitrogens with two attached hydrogens (primary N) is 1. The van der Waals surface area contributed by atoms with Crippen molar-refractivity contribution in [1.29, 1.82) is 0 Å². The Bertz CT molecular complexity index is 352. The second-order valence-corrected chi connectivity index (χ2v) is 3.48. The van der Waals surface area contributed by atoms with Gasteiger partial charge in [-0.2, -0.15) is 0 Å². The van der Waals surface area contributed by atoms with E-state index in [4.69, 9.17) is 5.73 Å². The Balaban J connectivity index is 3.47. The van der Waals surface area contributed by atoms with Gasteiger partial charge in [0.1, 0.15) is 5.82 Å². The van der Waals surface area contributed by atoms with Crippen LogP contribution in [-0.4, -0.2) is 6.29 Å². The molecule has 0 saturated carbocycles. The van der Waals surface area contributed by atoms with Crippen LogP contribution in [0.4, 0.5) is 10.1 Å². The summed E-state index contributed by atoms with van der Waals surface area (Å²) in [6.45, 7) is 1.89. The first-order valence-corrected chi connectivity index (χ1v) is 4.62. The molecule has 0 spiro atoms. The second kappa shape index (κ2) is 3.87. The van der Waals surface area contributed by atoms with Gasteiger partial charge in [-0.1, -0.05) is 6.92 Å². The van der Waals surface area contributed by atoms with Crippen molar-refractivity contribution in [2.45, 2.75) is 13.3 Å². The average molecular weight is 246 g/mol. The number of hydrogen-bond donors (Lipinski definition) is 1. The van der Waals surface area contributed by atoms with Crippen LogP contribution in [0.5, 0.6) is 0 Å². The normalized spacial score (nSPS) is 10.1. The van der Waals surface area contributed by atoms with Crippen molar-refractivity contribution in [3.8, 4) is 0 Å². The van der Waals surface area contributed by atoms with Gasteiger partial charge in [-0.3, -0.25) is 4.79 Å². The fourth-order valence-electron chi connectivity index (χ4n) is 1.12. The van der Waals surface area contributed by atoms with Gasteiger partial charge in [-0.05, 0) is 34.0 Å². The first kappa shape index (κ1) is 10.2. The number of hydrogen-bond acceptors (Lipinski definition) is 2. The van der Waals surface area contributed by atoms with Gasteiger partial charge in [0.05, 0.1) is 10.0 Å². The van der Waals surface area contributed by atoms with Crippen LogP contribution in [0.1, 0.15) is 22.8 Å². The lowest BCUT2D eigenvalue weighted by molar-refractivity contribution is 0.112. The predicted octanol–water partition coefficient (Wildman–Crippen LogP) is 2.55. The van der Waals surface area contributed by atoms with Crippen LogP contribution in [-0.2, 0) is 6.42 Å². The third-order valence-corrected chi connectivity index (χ3v) is 2.46. The van der Waals surface area contributed by atoms with E-state index in [2.05, 4.69) is 15.9 Å². The molecule has 0 atom stereocenters. The van der Waals surface area contributed by atoms with Crippen molar-refractivity contribution in [3.63, 3.8) is 0 Å². The van der Waals surface area contributed by atoms with Gasteiger partial charge in [-0.15, -0.1) is 0 Å². The fraction of sp³-hybridized carbons (Fsp3) is 0.222. The molecule has 0 heterocycles. The third kappa shape index (κ3) is 1.72. The van der Waals surface area contributed by atoms with Crippen LogP contribution in [0.2, 0.25) is 0 Å². The van der Waals surface area contributed by atoms with Gasteiger partial charge < -0.3 is 5.73 Å². The molecule has 0 saturated heterocycles. The number of carbonyl (C=O) groups excluding carboxylic acids is 1. The molecule has 1 aromatic rings. The summed E-state index contributed by atoms with van der Waals surface area (Å²) in [6, 6.07) is 1.59. The highest BCUT2D eigenvalue weighted by Gasteiger charge is 2.12. The summed E-state index contributed by atoms with van der Waals surface area (Å²) in [5.41, 5.74) is 6.53. The maximum atomic E-state index is 13.2. The standard InChI is InChI=1S/C9H9BrFNO/c1-2-5-3-7(10)8(11)6(4-13)9(5)12/h3-4H,2,12H2,1H3. The molecule has 1 aromatic carbocycles. The van der Waals surface area contributed by atoms with Crippen molar-refractivity contribution >= 4 is 27.9 Å². The van der Waals surface area contributed by atoms with Crippen molar-refractivity contribution in [1.82, 2.24) is 0 Å². The summed E-state index contributed by atoms with van der Waals surface area (Å²) in [4.78, 5) is 10.5. The van der Waals surface area contributed by atoms with Crippen molar-refractivity contribution in [2.24, 2.45) is 0 Å². The topological polar surface area (TPSA) is 43.1 Å². The van der Waals surface area contributed by atoms with Crippen molar-refractivity contribution in [3.05, 3.63) is 27.5 Å². The number of aldehydes is 1. The maximum absolute atomic E-state index is 13.2. The van der Waals surface area contributed by atoms with Crippen LogP contribution in [0.15, 0.2) is 10.5 Å². The molecule has 2 nitrogen and oxygen atoms in total. The number of rotatable bonds is 2. The zero-order valence-electron chi connectivity index (χ0n) is 7.10. The van der Waals surface area contributed by atoms with Crippen LogP contribution < -0.4 is 5.73 Å². The number of anilines is 1. The summed E-state index contributed by atoms with van der Waals surface area (Å²) in [5, 5.41) is 0. The van der Waals surface area contributed by atoms with Crippen LogP contribution >= 0.6 is 15.9 Å². The van der Waals surface area contributed by atoms with Crippen molar-refractivity contribution < 1.29 is 9.18 Å². The van der Waals surface area contributed by atoms with E-state index in [1.165, 1.54) is 0 Å². The quantitative estimate of drug-likeness (QED) is 0.643. The lowest BCUT2D eigenvalue weighted by atomic mass is 10.1. The number of nitrogen functional groups attached to an aromatic ring is 1. The van der Waals surface area contributed by atoms with Gasteiger partial charge in [-0.25, -0.2) is 4.39 Å². The molecular weight excluding hydrogens is 237 g/mol. The molecule has 0 radical (unpaired) electrons. The molecule has 0 fully saturated rings. The molecule has 70 valence electrons. The minimum atomic E-state index is -0.593. The van der Waals surface area contributed by atoms with Gasteiger partial charge in [0.25, 0.3) is 0 Å². The monoisotopic (exact) mass is 245 g/mol. The maximum Gasteiger partial charge on any atom is 0.155 e. The van der Waals surface area contributed by atoms with E-state index in [1.807, 2.05) is 6.92 Å². The third-order valence-electron chi connectivity index (χ3n) is 1.88. The van der Waals surface area contributed by atoms with Crippen LogP contribution in [0, 0.1) is 5.82 Å². The van der Waals surface area contributed by atoms with Crippen LogP contribution in [0.3, 0.4) is 0 Å². The molecular formula is C9H9BrFNO. The van der Waals surface area contributed by atoms with Gasteiger partial charge in [0, 0.05) is 5.69 Å². The number of halogens is 2. The molecule has 2 N–H and O–H groups in total. The largest absolute Gasteiger partial charge is 0.398 e. The van der Waals surface area contributed by atoms with Gasteiger partial charge in [0.15, 0.2) is 6.29 Å². The van der Waals surface area contributed by atoms with E-state index >= 15 is 0 Å². The van der Waals surface area contributed by atoms with Gasteiger partial charge in [0.2, 0.25) is 0 Å². The highest BCUT2D eigenvalue weighted by atomic mass is 79.9. The van der Waals surface area contributed by atoms with E-state index in [1.54, 1.807) is 6.07 Å². The van der Waals surface area contributed by atoms with E-state index in [0.29, 0.717) is 12.7 Å². The lowest BCUT2D eigenvalue weighted by Crippen LogP contribution is -2.02. The minimum Gasteiger partial charge on any atom is -0.398 e. The number of aryl methyl sites for hydroxylation is 1. The predicted molar refractivity (Wildman–Crippen MR) is 53.3 cm³/mol. The Morgan fingerprint density at radius 2 is 2.31 bits per heavy atom. The smallest absolute Gasteiger partial charge is 0.155 e. The zero-order chi connectivity index (χ0) is 10.0. The van der Waals surface area contributed by atoms with Crippen LogP contribution in [0.25, 0.3) is 0 Å². The zero-order valence-corrected chi connectivity index (χ0v) is 8.69. The Kier molecular flexibility index (Phi) is 3.03. The summed E-state index contributed by atoms with van der Waals surface area (Å²) >= 11 is 3.02. The van der Waals surface area contributed by atoms with E-state index in [-0.39, 0.29) is 15.7 Å². The molecule has 13 heavy (non-hydrogen) atoms. The van der Waals surface area contributed by atoms with E-state index in [9.17, 15) is 9.18 Å². The molecule has 0 aliphatic rings. The molecule has 0 aliphatic heterocycles. The SMILES string of the molecule is CCc1cc(Br)c(F)c(C=O)c1N. The Morgan fingerprint density at radius 3 is 2.77 bits per heavy atom. The van der Waals surface area contributed by atoms with Gasteiger partial charge >= 0.3 is 0 Å². The summed E-state index contributed by atoms with van der Waals surface area (Å²) in [6.07, 6.45) is 1.11. The first-order valence-electron chi connectivity index (χ1n) is 3.83.